The molecule has 4 rings (SSSR count). The van der Waals surface area contributed by atoms with Crippen LogP contribution in [0.2, 0.25) is 5.02 Å². The molecule has 3 aromatic heterocycles. The second kappa shape index (κ2) is 9.85. The average Bonchev–Trinajstić information content (AvgIpc) is 3.47. The number of amides is 1. The van der Waals surface area contributed by atoms with Gasteiger partial charge in [-0.05, 0) is 26.7 Å². The zero-order chi connectivity index (χ0) is 25.3. The van der Waals surface area contributed by atoms with E-state index in [1.165, 1.54) is 16.8 Å². The summed E-state index contributed by atoms with van der Waals surface area (Å²) in [6.07, 6.45) is -4.39. The lowest BCUT2D eigenvalue weighted by molar-refractivity contribution is -0.330. The molecule has 1 aliphatic carbocycles. The van der Waals surface area contributed by atoms with Crippen LogP contribution < -0.4 is 10.6 Å². The van der Waals surface area contributed by atoms with Gasteiger partial charge in [0.1, 0.15) is 17.3 Å². The number of ether oxygens (including phenoxy) is 2. The molecule has 3 N–H and O–H groups in total. The fraction of sp³-hybridized carbons (Fsp3) is 0.500. The number of alkyl carbamates (subject to hydrolysis) is 1. The third-order valence-corrected chi connectivity index (χ3v) is 5.55. The van der Waals surface area contributed by atoms with Crippen LogP contribution >= 0.6 is 11.6 Å². The highest BCUT2D eigenvalue weighted by atomic mass is 35.5. The summed E-state index contributed by atoms with van der Waals surface area (Å²) in [6, 6.07) is 1.45. The number of hydrogen-bond acceptors (Lipinski definition) is 7. The molecule has 3 heterocycles. The van der Waals surface area contributed by atoms with Gasteiger partial charge in [-0.25, -0.2) is 19.2 Å². The molecule has 15 heteroatoms. The maximum atomic E-state index is 15.0. The number of halogens is 5. The van der Waals surface area contributed by atoms with Crippen LogP contribution in [0.25, 0.3) is 5.65 Å². The molecule has 10 nitrogen and oxygen atoms in total. The predicted molar refractivity (Wildman–Crippen MR) is 116 cm³/mol. The SMILES string of the molecule is CC(C)NC(=O)O[C@@H]1CC[C@H](c2cc(Nc3ncc(Cl)c4nc(COC(F)(F)F)cn34)n[nH]2)[C@@H]1F. The molecule has 1 fully saturated rings. The van der Waals surface area contributed by atoms with Gasteiger partial charge in [0.25, 0.3) is 0 Å². The Morgan fingerprint density at radius 1 is 1.37 bits per heavy atom. The molecule has 1 amide bonds. The summed E-state index contributed by atoms with van der Waals surface area (Å²) < 4.78 is 62.4. The highest BCUT2D eigenvalue weighted by Crippen LogP contribution is 2.38. The number of nitrogens with one attached hydrogen (secondary N) is 3. The first-order valence-electron chi connectivity index (χ1n) is 10.7. The summed E-state index contributed by atoms with van der Waals surface area (Å²) in [6.45, 7) is 2.75. The second-order valence-corrected chi connectivity index (χ2v) is 8.70. The molecule has 1 saturated carbocycles. The van der Waals surface area contributed by atoms with Crippen molar-refractivity contribution in [3.8, 4) is 0 Å². The number of aromatic amines is 1. The van der Waals surface area contributed by atoms with Crippen LogP contribution in [-0.4, -0.2) is 55.3 Å². The Morgan fingerprint density at radius 2 is 2.14 bits per heavy atom. The first-order chi connectivity index (χ1) is 16.5. The Kier molecular flexibility index (Phi) is 7.03. The minimum absolute atomic E-state index is 0.0123. The van der Waals surface area contributed by atoms with Gasteiger partial charge in [0.15, 0.2) is 11.5 Å². The lowest BCUT2D eigenvalue weighted by atomic mass is 10.0. The fourth-order valence-electron chi connectivity index (χ4n) is 3.80. The van der Waals surface area contributed by atoms with Crippen molar-refractivity contribution in [2.24, 2.45) is 0 Å². The Hall–Kier alpha value is -3.13. The summed E-state index contributed by atoms with van der Waals surface area (Å²) in [5, 5.41) is 12.5. The van der Waals surface area contributed by atoms with Gasteiger partial charge in [-0.1, -0.05) is 11.6 Å². The van der Waals surface area contributed by atoms with Gasteiger partial charge in [-0.2, -0.15) is 5.10 Å². The number of nitrogens with zero attached hydrogens (tertiary/aromatic N) is 4. The van der Waals surface area contributed by atoms with E-state index in [9.17, 15) is 22.4 Å². The minimum atomic E-state index is -4.80. The number of H-pyrrole nitrogens is 1. The molecule has 0 radical (unpaired) electrons. The molecule has 0 unspecified atom stereocenters. The van der Waals surface area contributed by atoms with Crippen molar-refractivity contribution in [1.82, 2.24) is 29.9 Å². The second-order valence-electron chi connectivity index (χ2n) is 8.29. The summed E-state index contributed by atoms with van der Waals surface area (Å²) in [5.41, 5.74) is 0.646. The van der Waals surface area contributed by atoms with Gasteiger partial charge < -0.3 is 15.4 Å². The molecule has 0 aromatic carbocycles. The van der Waals surface area contributed by atoms with E-state index in [4.69, 9.17) is 16.3 Å². The molecule has 3 atom stereocenters. The van der Waals surface area contributed by atoms with Crippen molar-refractivity contribution in [2.75, 3.05) is 5.32 Å². The van der Waals surface area contributed by atoms with Crippen LogP contribution in [0, 0.1) is 0 Å². The zero-order valence-electron chi connectivity index (χ0n) is 18.6. The van der Waals surface area contributed by atoms with Crippen molar-refractivity contribution in [2.45, 2.75) is 63.9 Å². The third-order valence-electron chi connectivity index (χ3n) is 5.29. The molecule has 0 saturated heterocycles. The minimum Gasteiger partial charge on any atom is -0.443 e. The summed E-state index contributed by atoms with van der Waals surface area (Å²) >= 11 is 6.08. The molecule has 190 valence electrons. The first kappa shape index (κ1) is 25.0. The molecule has 0 aliphatic heterocycles. The van der Waals surface area contributed by atoms with Crippen LogP contribution in [0.3, 0.4) is 0 Å². The Morgan fingerprint density at radius 3 is 2.86 bits per heavy atom. The Balaban J connectivity index is 1.46. The number of anilines is 2. The number of aromatic nitrogens is 5. The quantitative estimate of drug-likeness (QED) is 0.390. The molecule has 1 aliphatic rings. The van der Waals surface area contributed by atoms with Crippen molar-refractivity contribution in [3.05, 3.63) is 34.9 Å². The average molecular weight is 520 g/mol. The lowest BCUT2D eigenvalue weighted by Crippen LogP contribution is -2.36. The third kappa shape index (κ3) is 5.93. The van der Waals surface area contributed by atoms with E-state index in [2.05, 4.69) is 35.5 Å². The maximum Gasteiger partial charge on any atom is 0.522 e. The summed E-state index contributed by atoms with van der Waals surface area (Å²) in [7, 11) is 0. The van der Waals surface area contributed by atoms with Gasteiger partial charge in [-0.3, -0.25) is 14.2 Å². The van der Waals surface area contributed by atoms with Gasteiger partial charge in [0.05, 0.1) is 18.5 Å². The Bertz CT molecular complexity index is 1200. The smallest absolute Gasteiger partial charge is 0.443 e. The van der Waals surface area contributed by atoms with Gasteiger partial charge in [0, 0.05) is 29.9 Å². The maximum absolute atomic E-state index is 15.0. The van der Waals surface area contributed by atoms with Crippen LogP contribution in [0.1, 0.15) is 44.0 Å². The van der Waals surface area contributed by atoms with E-state index in [0.29, 0.717) is 18.5 Å². The fourth-order valence-corrected chi connectivity index (χ4v) is 3.98. The number of rotatable bonds is 7. The van der Waals surface area contributed by atoms with Crippen LogP contribution in [0.5, 0.6) is 0 Å². The molecule has 35 heavy (non-hydrogen) atoms. The number of imidazole rings is 1. The van der Waals surface area contributed by atoms with Crippen molar-refractivity contribution in [3.63, 3.8) is 0 Å². The Labute approximate surface area is 201 Å². The van der Waals surface area contributed by atoms with Gasteiger partial charge in [0.2, 0.25) is 5.95 Å². The normalized spacial score (nSPS) is 20.5. The van der Waals surface area contributed by atoms with Gasteiger partial charge in [-0.15, -0.1) is 13.2 Å². The lowest BCUT2D eigenvalue weighted by Gasteiger charge is -2.18. The van der Waals surface area contributed by atoms with Gasteiger partial charge >= 0.3 is 12.5 Å². The predicted octanol–water partition coefficient (Wildman–Crippen LogP) is 4.60. The molecule has 0 spiro atoms. The summed E-state index contributed by atoms with van der Waals surface area (Å²) in [4.78, 5) is 20.0. The number of fused-ring (bicyclic) bond motifs is 1. The highest BCUT2D eigenvalue weighted by Gasteiger charge is 2.41. The highest BCUT2D eigenvalue weighted by molar-refractivity contribution is 6.33. The number of hydrogen-bond donors (Lipinski definition) is 3. The van der Waals surface area contributed by atoms with E-state index in [0.717, 1.165) is 0 Å². The number of carbonyl (C=O) groups is 1. The number of carbonyl (C=O) groups excluding carboxylic acids is 1. The van der Waals surface area contributed by atoms with Crippen LogP contribution in [0.15, 0.2) is 18.5 Å². The van der Waals surface area contributed by atoms with Crippen LogP contribution in [-0.2, 0) is 16.1 Å². The van der Waals surface area contributed by atoms with Crippen molar-refractivity contribution < 1.29 is 31.8 Å². The standard InChI is InChI=1S/C20H22ClF4N7O3/c1-9(2)27-19(33)35-14-4-3-11(16(14)22)13-5-15(31-30-13)29-18-26-6-12(21)17-28-10(7-32(17)18)8-34-20(23,24)25/h5-7,9,11,14,16H,3-4,8H2,1-2H3,(H,27,33)(H2,26,29,30,31)/t11-,14-,16+/m1/s1. The molecular weight excluding hydrogens is 498 g/mol. The van der Waals surface area contributed by atoms with E-state index in [-0.39, 0.29) is 34.2 Å². The summed E-state index contributed by atoms with van der Waals surface area (Å²) in [5.74, 6) is -0.109. The largest absolute Gasteiger partial charge is 0.522 e. The van der Waals surface area contributed by atoms with E-state index in [1.54, 1.807) is 19.9 Å². The number of alkyl halides is 4. The zero-order valence-corrected chi connectivity index (χ0v) is 19.3. The van der Waals surface area contributed by atoms with E-state index in [1.807, 2.05) is 0 Å². The van der Waals surface area contributed by atoms with Crippen molar-refractivity contribution in [1.29, 1.82) is 0 Å². The van der Waals surface area contributed by atoms with Crippen LogP contribution in [0.4, 0.5) is 34.1 Å². The monoisotopic (exact) mass is 519 g/mol. The van der Waals surface area contributed by atoms with E-state index >= 15 is 0 Å². The molecule has 3 aromatic rings. The molecule has 0 bridgehead atoms. The molecular formula is C20H22ClF4N7O3. The first-order valence-corrected chi connectivity index (χ1v) is 11.0. The van der Waals surface area contributed by atoms with E-state index < -0.39 is 37.3 Å². The van der Waals surface area contributed by atoms with Crippen molar-refractivity contribution >= 4 is 35.1 Å². The topological polar surface area (TPSA) is 118 Å².